The Labute approximate surface area is 177 Å². The molecule has 4 heteroatoms. The molecule has 0 aromatic heterocycles. The molecule has 164 valence electrons. The molecule has 1 fully saturated rings. The van der Waals surface area contributed by atoms with E-state index in [1.54, 1.807) is 0 Å². The lowest BCUT2D eigenvalue weighted by Gasteiger charge is -2.24. The minimum absolute atomic E-state index is 0.0194. The van der Waals surface area contributed by atoms with Crippen LogP contribution in [0.25, 0.3) is 0 Å². The van der Waals surface area contributed by atoms with Gasteiger partial charge in [-0.1, -0.05) is 68.6 Å². The first-order valence-electron chi connectivity index (χ1n) is 11.1. The van der Waals surface area contributed by atoms with Crippen LogP contribution in [0, 0.1) is 5.92 Å². The van der Waals surface area contributed by atoms with E-state index < -0.39 is 5.97 Å². The van der Waals surface area contributed by atoms with Gasteiger partial charge >= 0.3 is 5.97 Å². The maximum Gasteiger partial charge on any atom is 0.371 e. The zero-order valence-corrected chi connectivity index (χ0v) is 19.0. The Balaban J connectivity index is 2.57. The van der Waals surface area contributed by atoms with Crippen LogP contribution in [0.2, 0.25) is 0 Å². The Hall–Kier alpha value is -1.68. The zero-order chi connectivity index (χ0) is 21.7. The van der Waals surface area contributed by atoms with Gasteiger partial charge in [-0.3, -0.25) is 4.79 Å². The van der Waals surface area contributed by atoms with Crippen LogP contribution in [-0.2, 0) is 19.1 Å². The number of carbonyl (C=O) groups excluding carboxylic acids is 2. The summed E-state index contributed by atoms with van der Waals surface area (Å²) in [5, 5.41) is 0. The molecule has 0 bridgehead atoms. The monoisotopic (exact) mass is 404 g/mol. The first-order valence-corrected chi connectivity index (χ1v) is 11.1. The summed E-state index contributed by atoms with van der Waals surface area (Å²) in [5.41, 5.74) is 0.896. The van der Waals surface area contributed by atoms with E-state index in [-0.39, 0.29) is 30.0 Å². The zero-order valence-electron chi connectivity index (χ0n) is 19.0. The van der Waals surface area contributed by atoms with Crippen molar-refractivity contribution in [2.75, 3.05) is 0 Å². The molecule has 0 spiro atoms. The molecular formula is C25H40O4. The minimum Gasteiger partial charge on any atom is -0.456 e. The molecule has 0 heterocycles. The van der Waals surface area contributed by atoms with Crippen LogP contribution >= 0.6 is 0 Å². The number of aldehydes is 1. The normalized spacial score (nSPS) is 23.2. The summed E-state index contributed by atoms with van der Waals surface area (Å²) >= 11 is 0. The van der Waals surface area contributed by atoms with Crippen LogP contribution in [0.15, 0.2) is 36.0 Å². The van der Waals surface area contributed by atoms with E-state index in [4.69, 9.17) is 9.47 Å². The van der Waals surface area contributed by atoms with Crippen LogP contribution in [0.3, 0.4) is 0 Å². The van der Waals surface area contributed by atoms with Gasteiger partial charge in [0.05, 0.1) is 11.7 Å². The Morgan fingerprint density at radius 1 is 1.10 bits per heavy atom. The van der Waals surface area contributed by atoms with Crippen LogP contribution in [-0.4, -0.2) is 30.1 Å². The van der Waals surface area contributed by atoms with E-state index in [0.717, 1.165) is 18.4 Å². The Kier molecular flexibility index (Phi) is 11.8. The lowest BCUT2D eigenvalue weighted by atomic mass is 10.0. The fourth-order valence-electron chi connectivity index (χ4n) is 3.61. The summed E-state index contributed by atoms with van der Waals surface area (Å²) in [6, 6.07) is 0. The van der Waals surface area contributed by atoms with Gasteiger partial charge in [0.1, 0.15) is 6.10 Å². The number of esters is 1. The topological polar surface area (TPSA) is 52.6 Å². The second-order valence-corrected chi connectivity index (χ2v) is 8.98. The maximum absolute atomic E-state index is 11.5. The molecule has 0 aromatic rings. The first-order chi connectivity index (χ1) is 13.7. The molecule has 1 rings (SSSR count). The van der Waals surface area contributed by atoms with Crippen LogP contribution in [0.4, 0.5) is 0 Å². The average Bonchev–Trinajstić information content (AvgIpc) is 3.01. The molecule has 0 aromatic carbocycles. The molecule has 0 amide bonds. The SMILES string of the molecule is CCCCCCC/C=C/C=C(C)/C=C/[C@H]1C[C@@H](OC(C)(C)C)C[C@@H]1OC(=O)C=O. The third-order valence-electron chi connectivity index (χ3n) is 4.97. The van der Waals surface area contributed by atoms with Crippen molar-refractivity contribution in [3.05, 3.63) is 36.0 Å². The summed E-state index contributed by atoms with van der Waals surface area (Å²) in [7, 11) is 0. The number of allylic oxidation sites excluding steroid dienone is 5. The van der Waals surface area contributed by atoms with Gasteiger partial charge in [-0.05, 0) is 47.0 Å². The second kappa shape index (κ2) is 13.5. The summed E-state index contributed by atoms with van der Waals surface area (Å²) in [6.45, 7) is 10.4. The third kappa shape index (κ3) is 11.8. The Morgan fingerprint density at radius 3 is 2.48 bits per heavy atom. The highest BCUT2D eigenvalue weighted by Crippen LogP contribution is 2.34. The van der Waals surface area contributed by atoms with Gasteiger partial charge in [0.2, 0.25) is 6.29 Å². The van der Waals surface area contributed by atoms with Gasteiger partial charge in [-0.15, -0.1) is 0 Å². The number of rotatable bonds is 12. The lowest BCUT2D eigenvalue weighted by molar-refractivity contribution is -0.154. The number of hydrogen-bond acceptors (Lipinski definition) is 4. The van der Waals surface area contributed by atoms with E-state index in [0.29, 0.717) is 6.42 Å². The van der Waals surface area contributed by atoms with Crippen LogP contribution < -0.4 is 0 Å². The molecule has 1 aliphatic carbocycles. The molecule has 1 aliphatic rings. The smallest absolute Gasteiger partial charge is 0.371 e. The molecule has 29 heavy (non-hydrogen) atoms. The van der Waals surface area contributed by atoms with Crippen molar-refractivity contribution in [2.45, 2.75) is 104 Å². The molecular weight excluding hydrogens is 364 g/mol. The number of hydrogen-bond donors (Lipinski definition) is 0. The fraction of sp³-hybridized carbons (Fsp3) is 0.680. The van der Waals surface area contributed by atoms with Crippen molar-refractivity contribution in [1.29, 1.82) is 0 Å². The van der Waals surface area contributed by atoms with Gasteiger partial charge in [0.25, 0.3) is 0 Å². The quantitative estimate of drug-likeness (QED) is 0.129. The number of ether oxygens (including phenoxy) is 2. The molecule has 4 nitrogen and oxygen atoms in total. The summed E-state index contributed by atoms with van der Waals surface area (Å²) < 4.78 is 11.4. The van der Waals surface area contributed by atoms with E-state index in [1.165, 1.54) is 32.1 Å². The van der Waals surface area contributed by atoms with Crippen molar-refractivity contribution in [3.63, 3.8) is 0 Å². The summed E-state index contributed by atoms with van der Waals surface area (Å²) in [6.07, 6.45) is 19.6. The molecule has 0 saturated heterocycles. The van der Waals surface area contributed by atoms with Crippen molar-refractivity contribution in [2.24, 2.45) is 5.92 Å². The molecule has 0 radical (unpaired) electrons. The van der Waals surface area contributed by atoms with E-state index >= 15 is 0 Å². The standard InChI is InChI=1S/C25H40O4/c1-6-7-8-9-10-11-12-13-14-20(2)15-16-21-17-22(29-25(3,4)5)18-23(21)28-24(27)19-26/h12-16,19,21-23H,6-11,17-18H2,1-5H3/b13-12+,16-15+,20-14+/t21-,22+,23-/m0/s1. The highest BCUT2D eigenvalue weighted by molar-refractivity contribution is 6.20. The Morgan fingerprint density at radius 2 is 1.83 bits per heavy atom. The third-order valence-corrected chi connectivity index (χ3v) is 4.97. The highest BCUT2D eigenvalue weighted by atomic mass is 16.6. The van der Waals surface area contributed by atoms with E-state index in [9.17, 15) is 9.59 Å². The van der Waals surface area contributed by atoms with Gasteiger partial charge in [0, 0.05) is 12.3 Å². The van der Waals surface area contributed by atoms with E-state index in [1.807, 2.05) is 20.8 Å². The average molecular weight is 405 g/mol. The second-order valence-electron chi connectivity index (χ2n) is 8.98. The molecule has 1 saturated carbocycles. The van der Waals surface area contributed by atoms with Crippen molar-refractivity contribution >= 4 is 12.3 Å². The first kappa shape index (κ1) is 25.4. The largest absolute Gasteiger partial charge is 0.456 e. The van der Waals surface area contributed by atoms with Gasteiger partial charge in [-0.25, -0.2) is 4.79 Å². The maximum atomic E-state index is 11.5. The summed E-state index contributed by atoms with van der Waals surface area (Å²) in [4.78, 5) is 22.1. The van der Waals surface area contributed by atoms with Gasteiger partial charge < -0.3 is 9.47 Å². The van der Waals surface area contributed by atoms with Gasteiger partial charge in [-0.2, -0.15) is 0 Å². The predicted octanol–water partition coefficient (Wildman–Crippen LogP) is 6.11. The van der Waals surface area contributed by atoms with Gasteiger partial charge in [0.15, 0.2) is 0 Å². The lowest BCUT2D eigenvalue weighted by Crippen LogP contribution is -2.26. The molecule has 0 aliphatic heterocycles. The van der Waals surface area contributed by atoms with Crippen LogP contribution in [0.1, 0.15) is 86.0 Å². The van der Waals surface area contributed by atoms with Crippen LogP contribution in [0.5, 0.6) is 0 Å². The molecule has 3 atom stereocenters. The van der Waals surface area contributed by atoms with E-state index in [2.05, 4.69) is 44.2 Å². The number of carbonyl (C=O) groups is 2. The minimum atomic E-state index is -0.807. The molecule has 0 N–H and O–H groups in total. The Bertz CT molecular complexity index is 580. The number of unbranched alkanes of at least 4 members (excludes halogenated alkanes) is 5. The van der Waals surface area contributed by atoms with Crippen molar-refractivity contribution < 1.29 is 19.1 Å². The van der Waals surface area contributed by atoms with Crippen molar-refractivity contribution in [3.8, 4) is 0 Å². The predicted molar refractivity (Wildman–Crippen MR) is 119 cm³/mol. The fourth-order valence-corrected chi connectivity index (χ4v) is 3.61. The molecule has 0 unspecified atom stereocenters. The highest BCUT2D eigenvalue weighted by Gasteiger charge is 2.37. The van der Waals surface area contributed by atoms with Crippen molar-refractivity contribution in [1.82, 2.24) is 0 Å². The summed E-state index contributed by atoms with van der Waals surface area (Å²) in [5.74, 6) is -0.754.